The van der Waals surface area contributed by atoms with Gasteiger partial charge in [0.25, 0.3) is 5.91 Å². The Morgan fingerprint density at radius 3 is 2.57 bits per heavy atom. The Labute approximate surface area is 127 Å². The van der Waals surface area contributed by atoms with Crippen LogP contribution in [0.25, 0.3) is 0 Å². The van der Waals surface area contributed by atoms with Crippen LogP contribution in [0.4, 0.5) is 0 Å². The van der Waals surface area contributed by atoms with E-state index in [1.54, 1.807) is 6.07 Å². The third kappa shape index (κ3) is 7.49. The van der Waals surface area contributed by atoms with Gasteiger partial charge in [-0.25, -0.2) is 0 Å². The van der Waals surface area contributed by atoms with Crippen molar-refractivity contribution in [2.24, 2.45) is 0 Å². The van der Waals surface area contributed by atoms with Gasteiger partial charge in [-0.15, -0.1) is 0 Å². The highest BCUT2D eigenvalue weighted by atomic mass is 16.2. The van der Waals surface area contributed by atoms with Gasteiger partial charge in [-0.05, 0) is 25.5 Å². The van der Waals surface area contributed by atoms with Crippen LogP contribution >= 0.6 is 0 Å². The van der Waals surface area contributed by atoms with E-state index >= 15 is 0 Å². The van der Waals surface area contributed by atoms with Crippen molar-refractivity contribution in [3.05, 3.63) is 35.4 Å². The minimum atomic E-state index is -0.130. The standard InChI is InChI=1S/C17H26N2O2/c1-3-4-5-6-11-18-16(20)10-12-19-17(21)15-9-7-8-14(2)13-15/h7-9,13H,3-6,10-12H2,1-2H3,(H,18,20)(H,19,21). The predicted octanol–water partition coefficient (Wildman–Crippen LogP) is 2.81. The van der Waals surface area contributed by atoms with Gasteiger partial charge in [-0.3, -0.25) is 9.59 Å². The van der Waals surface area contributed by atoms with E-state index in [0.717, 1.165) is 24.9 Å². The van der Waals surface area contributed by atoms with Crippen LogP contribution in [0.15, 0.2) is 24.3 Å². The maximum atomic E-state index is 11.9. The molecule has 0 saturated heterocycles. The molecule has 21 heavy (non-hydrogen) atoms. The fourth-order valence-corrected chi connectivity index (χ4v) is 2.05. The summed E-state index contributed by atoms with van der Waals surface area (Å²) in [6.07, 6.45) is 4.91. The molecule has 0 saturated carbocycles. The number of hydrogen-bond donors (Lipinski definition) is 2. The van der Waals surface area contributed by atoms with Gasteiger partial charge in [-0.1, -0.05) is 43.9 Å². The number of carbonyl (C=O) groups excluding carboxylic acids is 2. The summed E-state index contributed by atoms with van der Waals surface area (Å²) in [6, 6.07) is 7.41. The number of aryl methyl sites for hydroxylation is 1. The molecular formula is C17H26N2O2. The molecule has 0 radical (unpaired) electrons. The molecule has 1 rings (SSSR count). The van der Waals surface area contributed by atoms with Crippen molar-refractivity contribution in [2.75, 3.05) is 13.1 Å². The molecule has 0 spiro atoms. The summed E-state index contributed by atoms with van der Waals surface area (Å²) < 4.78 is 0. The van der Waals surface area contributed by atoms with Crippen LogP contribution in [0.3, 0.4) is 0 Å². The van der Waals surface area contributed by atoms with Crippen molar-refractivity contribution in [1.82, 2.24) is 10.6 Å². The number of amides is 2. The van der Waals surface area contributed by atoms with Crippen molar-refractivity contribution in [3.63, 3.8) is 0 Å². The molecule has 4 nitrogen and oxygen atoms in total. The van der Waals surface area contributed by atoms with E-state index in [2.05, 4.69) is 17.6 Å². The summed E-state index contributed by atoms with van der Waals surface area (Å²) in [5.41, 5.74) is 1.68. The van der Waals surface area contributed by atoms with E-state index < -0.39 is 0 Å². The van der Waals surface area contributed by atoms with Gasteiger partial charge in [0.2, 0.25) is 5.91 Å². The van der Waals surface area contributed by atoms with Crippen LogP contribution in [0.1, 0.15) is 54.9 Å². The van der Waals surface area contributed by atoms with Gasteiger partial charge in [0.15, 0.2) is 0 Å². The second kappa shape index (κ2) is 9.97. The molecule has 0 aromatic heterocycles. The Balaban J connectivity index is 2.15. The molecule has 116 valence electrons. The quantitative estimate of drug-likeness (QED) is 0.687. The van der Waals surface area contributed by atoms with Gasteiger partial charge in [0.1, 0.15) is 0 Å². The molecule has 0 aliphatic rings. The van der Waals surface area contributed by atoms with Gasteiger partial charge in [0, 0.05) is 25.1 Å². The highest BCUT2D eigenvalue weighted by molar-refractivity contribution is 5.94. The van der Waals surface area contributed by atoms with Gasteiger partial charge in [-0.2, -0.15) is 0 Å². The summed E-state index contributed by atoms with van der Waals surface area (Å²) in [6.45, 7) is 5.20. The first kappa shape index (κ1) is 17.2. The highest BCUT2D eigenvalue weighted by Gasteiger charge is 2.06. The van der Waals surface area contributed by atoms with E-state index in [1.807, 2.05) is 25.1 Å². The molecule has 0 unspecified atom stereocenters. The second-order valence-corrected chi connectivity index (χ2v) is 5.29. The number of hydrogen-bond acceptors (Lipinski definition) is 2. The fourth-order valence-electron chi connectivity index (χ4n) is 2.05. The number of unbranched alkanes of at least 4 members (excludes halogenated alkanes) is 3. The van der Waals surface area contributed by atoms with Crippen LogP contribution < -0.4 is 10.6 Å². The smallest absolute Gasteiger partial charge is 0.251 e. The monoisotopic (exact) mass is 290 g/mol. The number of rotatable bonds is 9. The maximum Gasteiger partial charge on any atom is 0.251 e. The van der Waals surface area contributed by atoms with Gasteiger partial charge >= 0.3 is 0 Å². The number of benzene rings is 1. The lowest BCUT2D eigenvalue weighted by molar-refractivity contribution is -0.120. The van der Waals surface area contributed by atoms with E-state index in [4.69, 9.17) is 0 Å². The van der Waals surface area contributed by atoms with E-state index in [-0.39, 0.29) is 11.8 Å². The van der Waals surface area contributed by atoms with Crippen molar-refractivity contribution in [2.45, 2.75) is 46.0 Å². The van der Waals surface area contributed by atoms with Crippen LogP contribution in [0, 0.1) is 6.92 Å². The molecule has 0 aliphatic carbocycles. The Morgan fingerprint density at radius 1 is 1.05 bits per heavy atom. The van der Waals surface area contributed by atoms with Crippen molar-refractivity contribution >= 4 is 11.8 Å². The molecule has 1 aromatic carbocycles. The Kier molecular flexibility index (Phi) is 8.17. The topological polar surface area (TPSA) is 58.2 Å². The molecular weight excluding hydrogens is 264 g/mol. The average molecular weight is 290 g/mol. The van der Waals surface area contributed by atoms with Crippen molar-refractivity contribution in [3.8, 4) is 0 Å². The van der Waals surface area contributed by atoms with Crippen molar-refractivity contribution in [1.29, 1.82) is 0 Å². The largest absolute Gasteiger partial charge is 0.356 e. The summed E-state index contributed by atoms with van der Waals surface area (Å²) in [4.78, 5) is 23.5. The van der Waals surface area contributed by atoms with Crippen LogP contribution in [-0.4, -0.2) is 24.9 Å². The van der Waals surface area contributed by atoms with Crippen LogP contribution in [-0.2, 0) is 4.79 Å². The Bertz CT molecular complexity index is 458. The molecule has 0 atom stereocenters. The number of nitrogens with one attached hydrogen (secondary N) is 2. The fraction of sp³-hybridized carbons (Fsp3) is 0.529. The Morgan fingerprint density at radius 2 is 1.86 bits per heavy atom. The molecule has 0 heterocycles. The Hall–Kier alpha value is -1.84. The second-order valence-electron chi connectivity index (χ2n) is 5.29. The normalized spacial score (nSPS) is 10.2. The zero-order chi connectivity index (χ0) is 15.5. The third-order valence-corrected chi connectivity index (χ3v) is 3.27. The summed E-state index contributed by atoms with van der Waals surface area (Å²) in [7, 11) is 0. The summed E-state index contributed by atoms with van der Waals surface area (Å²) in [5, 5.41) is 5.64. The zero-order valence-electron chi connectivity index (χ0n) is 13.1. The molecule has 0 bridgehead atoms. The molecule has 0 fully saturated rings. The molecule has 2 N–H and O–H groups in total. The lowest BCUT2D eigenvalue weighted by Crippen LogP contribution is -2.31. The van der Waals surface area contributed by atoms with E-state index in [1.165, 1.54) is 12.8 Å². The van der Waals surface area contributed by atoms with E-state index in [0.29, 0.717) is 18.5 Å². The minimum Gasteiger partial charge on any atom is -0.356 e. The highest BCUT2D eigenvalue weighted by Crippen LogP contribution is 2.03. The van der Waals surface area contributed by atoms with Gasteiger partial charge in [0.05, 0.1) is 0 Å². The van der Waals surface area contributed by atoms with Gasteiger partial charge < -0.3 is 10.6 Å². The minimum absolute atomic E-state index is 0.00367. The molecule has 4 heteroatoms. The van der Waals surface area contributed by atoms with E-state index in [9.17, 15) is 9.59 Å². The predicted molar refractivity (Wildman–Crippen MR) is 85.3 cm³/mol. The first-order valence-corrected chi connectivity index (χ1v) is 7.75. The average Bonchev–Trinajstić information content (AvgIpc) is 2.47. The summed E-state index contributed by atoms with van der Waals surface area (Å²) in [5.74, 6) is -0.134. The SMILES string of the molecule is CCCCCCNC(=O)CCNC(=O)c1cccc(C)c1. The lowest BCUT2D eigenvalue weighted by Gasteiger charge is -2.07. The summed E-state index contributed by atoms with van der Waals surface area (Å²) >= 11 is 0. The third-order valence-electron chi connectivity index (χ3n) is 3.27. The molecule has 1 aromatic rings. The first-order chi connectivity index (χ1) is 10.1. The maximum absolute atomic E-state index is 11.9. The zero-order valence-corrected chi connectivity index (χ0v) is 13.1. The number of carbonyl (C=O) groups is 2. The molecule has 0 aliphatic heterocycles. The van der Waals surface area contributed by atoms with Crippen LogP contribution in [0.2, 0.25) is 0 Å². The lowest BCUT2D eigenvalue weighted by atomic mass is 10.1. The van der Waals surface area contributed by atoms with Crippen LogP contribution in [0.5, 0.6) is 0 Å². The molecule has 2 amide bonds. The van der Waals surface area contributed by atoms with Crippen molar-refractivity contribution < 1.29 is 9.59 Å². The first-order valence-electron chi connectivity index (χ1n) is 7.75.